The number of rotatable bonds is 3. The molecule has 16 heavy (non-hydrogen) atoms. The molecule has 0 fully saturated rings. The van der Waals surface area contributed by atoms with Crippen molar-refractivity contribution in [3.8, 4) is 0 Å². The Morgan fingerprint density at radius 2 is 2.12 bits per heavy atom. The third-order valence-electron chi connectivity index (χ3n) is 1.63. The molecule has 0 aliphatic carbocycles. The summed E-state index contributed by atoms with van der Waals surface area (Å²) < 4.78 is 4.32. The third kappa shape index (κ3) is 4.61. The summed E-state index contributed by atoms with van der Waals surface area (Å²) in [6.45, 7) is 0. The van der Waals surface area contributed by atoms with Crippen LogP contribution in [0.2, 0.25) is 0 Å². The fraction of sp³-hybridized carbons (Fsp3) is 0.0909. The Bertz CT molecular complexity index is 402. The number of carbonyl (C=O) groups is 1. The smallest absolute Gasteiger partial charge is 0.427 e. The van der Waals surface area contributed by atoms with Crippen molar-refractivity contribution in [1.29, 1.82) is 0 Å². The van der Waals surface area contributed by atoms with Crippen LogP contribution in [-0.4, -0.2) is 19.4 Å². The molecule has 5 heteroatoms. The van der Waals surface area contributed by atoms with Crippen LogP contribution in [0.1, 0.15) is 5.56 Å². The van der Waals surface area contributed by atoms with Crippen LogP contribution in [0.15, 0.2) is 40.5 Å². The minimum Gasteiger partial charge on any atom is -0.452 e. The van der Waals surface area contributed by atoms with Crippen molar-refractivity contribution in [2.24, 2.45) is 5.10 Å². The van der Waals surface area contributed by atoms with E-state index in [0.717, 1.165) is 5.56 Å². The molecule has 84 valence electrons. The molecule has 0 saturated heterocycles. The van der Waals surface area contributed by atoms with E-state index in [0.29, 0.717) is 5.03 Å². The molecular weight excluding hydrogens is 228 g/mol. The number of methoxy groups -OCH3 is 1. The molecule has 0 radical (unpaired) electrons. The Morgan fingerprint density at radius 3 is 2.75 bits per heavy atom. The summed E-state index contributed by atoms with van der Waals surface area (Å²) in [7, 11) is 1.26. The summed E-state index contributed by atoms with van der Waals surface area (Å²) in [5, 5.41) is 3.99. The van der Waals surface area contributed by atoms with Gasteiger partial charge in [-0.25, -0.2) is 10.2 Å². The van der Waals surface area contributed by atoms with Crippen LogP contribution in [0.25, 0.3) is 6.08 Å². The lowest BCUT2D eigenvalue weighted by atomic mass is 10.2. The molecule has 0 atom stereocenters. The largest absolute Gasteiger partial charge is 0.452 e. The van der Waals surface area contributed by atoms with E-state index in [-0.39, 0.29) is 0 Å². The molecule has 1 aromatic carbocycles. The molecule has 4 nitrogen and oxygen atoms in total. The molecule has 0 heterocycles. The van der Waals surface area contributed by atoms with Crippen molar-refractivity contribution in [1.82, 2.24) is 5.43 Å². The number of hydrogen-bond acceptors (Lipinski definition) is 3. The van der Waals surface area contributed by atoms with E-state index in [2.05, 4.69) is 15.3 Å². The molecule has 0 saturated carbocycles. The normalized spacial score (nSPS) is 11.5. The Hall–Kier alpha value is -1.81. The molecule has 1 N–H and O–H groups in total. The molecule has 1 aromatic rings. The van der Waals surface area contributed by atoms with Gasteiger partial charge < -0.3 is 4.74 Å². The monoisotopic (exact) mass is 238 g/mol. The first kappa shape index (κ1) is 12.3. The number of hydrazone groups is 1. The summed E-state index contributed by atoms with van der Waals surface area (Å²) in [5.74, 6) is 0. The lowest BCUT2D eigenvalue weighted by Crippen LogP contribution is -2.16. The predicted octanol–water partition coefficient (Wildman–Crippen LogP) is 2.61. The summed E-state index contributed by atoms with van der Waals surface area (Å²) in [4.78, 5) is 10.6. The number of amides is 1. The lowest BCUT2D eigenvalue weighted by molar-refractivity contribution is 0.171. The van der Waals surface area contributed by atoms with Crippen LogP contribution in [0.5, 0.6) is 0 Å². The summed E-state index contributed by atoms with van der Waals surface area (Å²) >= 11 is 5.86. The number of ether oxygens (including phenoxy) is 1. The highest BCUT2D eigenvalue weighted by Crippen LogP contribution is 2.07. The average molecular weight is 239 g/mol. The van der Waals surface area contributed by atoms with E-state index in [1.807, 2.05) is 30.3 Å². The zero-order chi connectivity index (χ0) is 11.8. The van der Waals surface area contributed by atoms with Gasteiger partial charge in [-0.2, -0.15) is 5.10 Å². The van der Waals surface area contributed by atoms with E-state index in [9.17, 15) is 4.79 Å². The summed E-state index contributed by atoms with van der Waals surface area (Å²) in [6.07, 6.45) is 2.41. The van der Waals surface area contributed by atoms with Crippen LogP contribution < -0.4 is 5.43 Å². The van der Waals surface area contributed by atoms with Crippen molar-refractivity contribution in [2.75, 3.05) is 7.11 Å². The molecule has 0 unspecified atom stereocenters. The molecule has 0 aromatic heterocycles. The second-order valence-electron chi connectivity index (χ2n) is 2.80. The molecule has 0 aliphatic heterocycles. The van der Waals surface area contributed by atoms with Crippen molar-refractivity contribution in [3.05, 3.63) is 40.9 Å². The number of halogens is 1. The van der Waals surface area contributed by atoms with Crippen molar-refractivity contribution < 1.29 is 9.53 Å². The zero-order valence-electron chi connectivity index (χ0n) is 8.68. The maximum absolute atomic E-state index is 10.6. The number of allylic oxidation sites excluding steroid dienone is 1. The van der Waals surface area contributed by atoms with Crippen LogP contribution >= 0.6 is 11.6 Å². The van der Waals surface area contributed by atoms with Gasteiger partial charge in [0.2, 0.25) is 0 Å². The molecule has 1 rings (SSSR count). The first-order valence-electron chi connectivity index (χ1n) is 4.51. The van der Waals surface area contributed by atoms with Crippen molar-refractivity contribution >= 4 is 30.0 Å². The summed E-state index contributed by atoms with van der Waals surface area (Å²) in [6, 6.07) is 9.53. The van der Waals surface area contributed by atoms with Gasteiger partial charge in [-0.1, -0.05) is 41.9 Å². The minimum atomic E-state index is -0.638. The van der Waals surface area contributed by atoms with Gasteiger partial charge in [0.25, 0.3) is 0 Å². The third-order valence-corrected chi connectivity index (χ3v) is 1.84. The second-order valence-corrected chi connectivity index (χ2v) is 3.24. The van der Waals surface area contributed by atoms with Crippen LogP contribution in [0.4, 0.5) is 4.79 Å². The van der Waals surface area contributed by atoms with Crippen LogP contribution in [0.3, 0.4) is 0 Å². The van der Waals surface area contributed by atoms with Gasteiger partial charge in [-0.15, -0.1) is 0 Å². The molecule has 1 amide bonds. The first-order chi connectivity index (χ1) is 7.72. The van der Waals surface area contributed by atoms with E-state index < -0.39 is 6.09 Å². The van der Waals surface area contributed by atoms with Gasteiger partial charge in [-0.3, -0.25) is 0 Å². The minimum absolute atomic E-state index is 0.405. The highest BCUT2D eigenvalue weighted by atomic mass is 35.5. The van der Waals surface area contributed by atoms with Gasteiger partial charge >= 0.3 is 6.09 Å². The first-order valence-corrected chi connectivity index (χ1v) is 4.89. The quantitative estimate of drug-likeness (QED) is 0.650. The SMILES string of the molecule is COC(=O)N/N=C/C(Cl)=C/c1ccccc1. The Kier molecular flexibility index (Phi) is 5.08. The Balaban J connectivity index is 2.55. The van der Waals surface area contributed by atoms with E-state index in [1.54, 1.807) is 6.08 Å². The Morgan fingerprint density at radius 1 is 1.44 bits per heavy atom. The molecule has 0 aliphatic rings. The van der Waals surface area contributed by atoms with Gasteiger partial charge in [0.15, 0.2) is 0 Å². The number of nitrogens with one attached hydrogen (secondary N) is 1. The molecule has 0 spiro atoms. The standard InChI is InChI=1S/C11H11ClN2O2/c1-16-11(15)14-13-8-10(12)7-9-5-3-2-4-6-9/h2-8H,1H3,(H,14,15)/b10-7-,13-8+. The van der Waals surface area contributed by atoms with Gasteiger partial charge in [-0.05, 0) is 11.6 Å². The van der Waals surface area contributed by atoms with Crippen molar-refractivity contribution in [3.63, 3.8) is 0 Å². The summed E-state index contributed by atoms with van der Waals surface area (Å²) in [5.41, 5.74) is 3.09. The predicted molar refractivity (Wildman–Crippen MR) is 64.3 cm³/mol. The second kappa shape index (κ2) is 6.63. The highest BCUT2D eigenvalue weighted by molar-refractivity contribution is 6.41. The van der Waals surface area contributed by atoms with E-state index >= 15 is 0 Å². The number of nitrogens with zero attached hydrogens (tertiary/aromatic N) is 1. The Labute approximate surface area is 98.6 Å². The maximum Gasteiger partial charge on any atom is 0.427 e. The van der Waals surface area contributed by atoms with Crippen molar-refractivity contribution in [2.45, 2.75) is 0 Å². The average Bonchev–Trinajstić information content (AvgIpc) is 2.30. The van der Waals surface area contributed by atoms with E-state index in [1.165, 1.54) is 13.3 Å². The fourth-order valence-corrected chi connectivity index (χ4v) is 1.11. The number of benzene rings is 1. The zero-order valence-corrected chi connectivity index (χ0v) is 9.44. The van der Waals surface area contributed by atoms with Crippen LogP contribution in [-0.2, 0) is 4.74 Å². The topological polar surface area (TPSA) is 50.7 Å². The molecular formula is C11H11ClN2O2. The van der Waals surface area contributed by atoms with Gasteiger partial charge in [0, 0.05) is 0 Å². The number of carbonyl (C=O) groups excluding carboxylic acids is 1. The maximum atomic E-state index is 10.6. The van der Waals surface area contributed by atoms with E-state index in [4.69, 9.17) is 11.6 Å². The number of hydrogen-bond donors (Lipinski definition) is 1. The van der Waals surface area contributed by atoms with Gasteiger partial charge in [0.05, 0.1) is 18.4 Å². The molecule has 0 bridgehead atoms. The fourth-order valence-electron chi connectivity index (χ4n) is 0.938. The lowest BCUT2D eigenvalue weighted by Gasteiger charge is -1.95. The van der Waals surface area contributed by atoms with Crippen LogP contribution in [0, 0.1) is 0 Å². The highest BCUT2D eigenvalue weighted by Gasteiger charge is 1.93. The van der Waals surface area contributed by atoms with Gasteiger partial charge in [0.1, 0.15) is 0 Å².